The van der Waals surface area contributed by atoms with Gasteiger partial charge in [-0.25, -0.2) is 4.68 Å². The van der Waals surface area contributed by atoms with E-state index in [1.165, 1.54) is 0 Å². The number of hydrogen-bond donors (Lipinski definition) is 1. The second-order valence-corrected chi connectivity index (χ2v) is 5.92. The zero-order valence-corrected chi connectivity index (χ0v) is 11.4. The third-order valence-corrected chi connectivity index (χ3v) is 4.84. The molecule has 0 radical (unpaired) electrons. The number of rotatable bonds is 2. The summed E-state index contributed by atoms with van der Waals surface area (Å²) in [5, 5.41) is 15.7. The van der Waals surface area contributed by atoms with Gasteiger partial charge in [0, 0.05) is 25.2 Å². The Morgan fingerprint density at radius 2 is 2.00 bits per heavy atom. The molecule has 104 valence electrons. The predicted octanol–water partition coefficient (Wildman–Crippen LogP) is 1.79. The number of hydrogen-bond acceptors (Lipinski definition) is 3. The van der Waals surface area contributed by atoms with Crippen LogP contribution in [0.15, 0.2) is 42.6 Å². The van der Waals surface area contributed by atoms with Gasteiger partial charge in [0.1, 0.15) is 5.60 Å². The first-order chi connectivity index (χ1) is 9.77. The van der Waals surface area contributed by atoms with Gasteiger partial charge in [0.2, 0.25) is 0 Å². The number of piperidine rings is 1. The van der Waals surface area contributed by atoms with Crippen LogP contribution in [0.5, 0.6) is 0 Å². The van der Waals surface area contributed by atoms with Gasteiger partial charge in [-0.3, -0.25) is 0 Å². The Bertz CT molecular complexity index is 609. The molecule has 4 heteroatoms. The van der Waals surface area contributed by atoms with E-state index in [1.807, 2.05) is 41.1 Å². The van der Waals surface area contributed by atoms with Gasteiger partial charge < -0.3 is 10.0 Å². The maximum absolute atomic E-state index is 11.3. The fourth-order valence-corrected chi connectivity index (χ4v) is 3.70. The van der Waals surface area contributed by atoms with Crippen LogP contribution in [0.4, 0.5) is 0 Å². The van der Waals surface area contributed by atoms with E-state index in [0.29, 0.717) is 5.92 Å². The molecule has 4 rings (SSSR count). The summed E-state index contributed by atoms with van der Waals surface area (Å²) >= 11 is 0. The van der Waals surface area contributed by atoms with Crippen molar-refractivity contribution in [3.63, 3.8) is 0 Å². The second kappa shape index (κ2) is 4.43. The van der Waals surface area contributed by atoms with E-state index in [-0.39, 0.29) is 0 Å². The number of para-hydroxylation sites is 1. The molecule has 0 spiro atoms. The van der Waals surface area contributed by atoms with E-state index in [0.717, 1.165) is 43.9 Å². The molecule has 2 aliphatic heterocycles. The summed E-state index contributed by atoms with van der Waals surface area (Å²) in [7, 11) is 0. The zero-order chi connectivity index (χ0) is 13.6. The fourth-order valence-electron chi connectivity index (χ4n) is 3.70. The maximum atomic E-state index is 11.3. The average Bonchev–Trinajstić information content (AvgIpc) is 3.13. The molecule has 2 saturated heterocycles. The van der Waals surface area contributed by atoms with Crippen LogP contribution in [0, 0.1) is 5.92 Å². The number of benzene rings is 1. The van der Waals surface area contributed by atoms with Gasteiger partial charge >= 0.3 is 0 Å². The number of aromatic nitrogens is 2. The lowest BCUT2D eigenvalue weighted by atomic mass is 9.79. The largest absolute Gasteiger partial charge is 0.383 e. The van der Waals surface area contributed by atoms with Crippen LogP contribution in [0.25, 0.3) is 5.69 Å². The highest BCUT2D eigenvalue weighted by molar-refractivity contribution is 5.34. The molecular formula is C16H19N3O. The van der Waals surface area contributed by atoms with Crippen molar-refractivity contribution in [2.75, 3.05) is 19.6 Å². The summed E-state index contributed by atoms with van der Waals surface area (Å²) < 4.78 is 1.90. The van der Waals surface area contributed by atoms with Gasteiger partial charge in [0.15, 0.2) is 0 Å². The molecule has 4 nitrogen and oxygen atoms in total. The summed E-state index contributed by atoms with van der Waals surface area (Å²) in [4.78, 5) is 2.45. The van der Waals surface area contributed by atoms with E-state index >= 15 is 0 Å². The minimum atomic E-state index is -0.737. The van der Waals surface area contributed by atoms with Crippen molar-refractivity contribution in [3.8, 4) is 5.69 Å². The highest BCUT2D eigenvalue weighted by atomic mass is 16.3. The molecule has 2 aromatic rings. The van der Waals surface area contributed by atoms with Crippen molar-refractivity contribution >= 4 is 0 Å². The van der Waals surface area contributed by atoms with E-state index in [1.54, 1.807) is 6.20 Å². The molecule has 0 saturated carbocycles. The quantitative estimate of drug-likeness (QED) is 0.903. The Kier molecular flexibility index (Phi) is 2.69. The van der Waals surface area contributed by atoms with Crippen molar-refractivity contribution in [1.82, 2.24) is 14.7 Å². The Balaban J connectivity index is 1.78. The molecule has 3 heterocycles. The molecule has 20 heavy (non-hydrogen) atoms. The lowest BCUT2D eigenvalue weighted by Crippen LogP contribution is -2.45. The minimum Gasteiger partial charge on any atom is -0.383 e. The lowest BCUT2D eigenvalue weighted by Gasteiger charge is -2.38. The summed E-state index contributed by atoms with van der Waals surface area (Å²) in [5.41, 5.74) is 1.22. The zero-order valence-electron chi connectivity index (χ0n) is 11.4. The standard InChI is InChI=1S/C16H19N3O/c20-16(8-11-18-10-7-13(16)12-18)15-6-9-17-19(15)14-4-2-1-3-5-14/h1-6,9,13,20H,7-8,10-12H2. The van der Waals surface area contributed by atoms with Gasteiger partial charge in [0.05, 0.1) is 11.4 Å². The number of aliphatic hydroxyl groups is 1. The fraction of sp³-hybridized carbons (Fsp3) is 0.438. The highest BCUT2D eigenvalue weighted by Crippen LogP contribution is 2.43. The van der Waals surface area contributed by atoms with Gasteiger partial charge in [-0.15, -0.1) is 0 Å². The summed E-state index contributed by atoms with van der Waals surface area (Å²) in [6.45, 7) is 3.11. The second-order valence-electron chi connectivity index (χ2n) is 5.92. The molecule has 0 amide bonds. The average molecular weight is 269 g/mol. The molecule has 1 aromatic heterocycles. The first-order valence-electron chi connectivity index (χ1n) is 7.32. The summed E-state index contributed by atoms with van der Waals surface area (Å²) in [6, 6.07) is 12.0. The van der Waals surface area contributed by atoms with Crippen LogP contribution in [0.1, 0.15) is 18.5 Å². The first-order valence-corrected chi connectivity index (χ1v) is 7.32. The van der Waals surface area contributed by atoms with E-state index < -0.39 is 5.60 Å². The number of nitrogens with zero attached hydrogens (tertiary/aromatic N) is 3. The van der Waals surface area contributed by atoms with Crippen molar-refractivity contribution in [2.45, 2.75) is 18.4 Å². The van der Waals surface area contributed by atoms with E-state index in [9.17, 15) is 5.11 Å². The minimum absolute atomic E-state index is 0.329. The predicted molar refractivity (Wildman–Crippen MR) is 76.6 cm³/mol. The SMILES string of the molecule is OC1(c2ccnn2-c2ccccc2)CCN2CCC1C2. The first kappa shape index (κ1) is 12.1. The maximum Gasteiger partial charge on any atom is 0.112 e. The summed E-state index contributed by atoms with van der Waals surface area (Å²) in [6.07, 6.45) is 3.67. The van der Waals surface area contributed by atoms with Crippen LogP contribution in [0.3, 0.4) is 0 Å². The Morgan fingerprint density at radius 1 is 1.15 bits per heavy atom. The highest BCUT2D eigenvalue weighted by Gasteiger charge is 2.47. The monoisotopic (exact) mass is 269 g/mol. The van der Waals surface area contributed by atoms with Crippen molar-refractivity contribution in [1.29, 1.82) is 0 Å². The third-order valence-electron chi connectivity index (χ3n) is 4.84. The van der Waals surface area contributed by atoms with Gasteiger partial charge in [-0.2, -0.15) is 5.10 Å². The van der Waals surface area contributed by atoms with Crippen LogP contribution in [-0.4, -0.2) is 39.4 Å². The third kappa shape index (κ3) is 1.72. The van der Waals surface area contributed by atoms with Gasteiger partial charge in [-0.1, -0.05) is 18.2 Å². The Hall–Kier alpha value is -1.65. The molecule has 2 aliphatic rings. The Labute approximate surface area is 118 Å². The summed E-state index contributed by atoms with van der Waals surface area (Å²) in [5.74, 6) is 0.329. The number of fused-ring (bicyclic) bond motifs is 2. The van der Waals surface area contributed by atoms with E-state index in [2.05, 4.69) is 10.00 Å². The smallest absolute Gasteiger partial charge is 0.112 e. The van der Waals surface area contributed by atoms with Crippen LogP contribution < -0.4 is 0 Å². The van der Waals surface area contributed by atoms with Crippen molar-refractivity contribution < 1.29 is 5.11 Å². The molecule has 3 atom stereocenters. The van der Waals surface area contributed by atoms with Gasteiger partial charge in [-0.05, 0) is 37.6 Å². The van der Waals surface area contributed by atoms with Crippen molar-refractivity contribution in [2.24, 2.45) is 5.92 Å². The van der Waals surface area contributed by atoms with Crippen LogP contribution >= 0.6 is 0 Å². The normalized spacial score (nSPS) is 32.5. The van der Waals surface area contributed by atoms with Gasteiger partial charge in [0.25, 0.3) is 0 Å². The molecule has 1 aromatic carbocycles. The molecule has 3 unspecified atom stereocenters. The topological polar surface area (TPSA) is 41.3 Å². The lowest BCUT2D eigenvalue weighted by molar-refractivity contribution is -0.0554. The Morgan fingerprint density at radius 3 is 2.85 bits per heavy atom. The molecular weight excluding hydrogens is 250 g/mol. The van der Waals surface area contributed by atoms with Crippen LogP contribution in [0.2, 0.25) is 0 Å². The molecule has 1 N–H and O–H groups in total. The molecule has 2 bridgehead atoms. The molecule has 2 fully saturated rings. The van der Waals surface area contributed by atoms with Crippen molar-refractivity contribution in [3.05, 3.63) is 48.3 Å². The molecule has 0 aliphatic carbocycles. The van der Waals surface area contributed by atoms with Crippen LogP contribution in [-0.2, 0) is 5.60 Å². The van der Waals surface area contributed by atoms with E-state index in [4.69, 9.17) is 0 Å².